The molecule has 0 aliphatic rings. The molecule has 0 N–H and O–H groups in total. The molecular weight excluding hydrogens is 356 g/mol. The molecule has 0 atom stereocenters. The summed E-state index contributed by atoms with van der Waals surface area (Å²) in [4.78, 5) is 37.3. The summed E-state index contributed by atoms with van der Waals surface area (Å²) in [5.41, 5.74) is 1.27. The Kier molecular flexibility index (Phi) is 5.89. The monoisotopic (exact) mass is 378 g/mol. The average Bonchev–Trinajstić information content (AvgIpc) is 2.72. The molecule has 1 heterocycles. The van der Waals surface area contributed by atoms with Gasteiger partial charge in [-0.15, -0.1) is 0 Å². The van der Waals surface area contributed by atoms with Crippen LogP contribution in [-0.4, -0.2) is 21.7 Å². The second-order valence-corrected chi connectivity index (χ2v) is 6.20. The molecule has 28 heavy (non-hydrogen) atoms. The van der Waals surface area contributed by atoms with Gasteiger partial charge in [0.2, 0.25) is 0 Å². The Hall–Kier alpha value is -3.41. The van der Waals surface area contributed by atoms with E-state index in [-0.39, 0.29) is 13.2 Å². The Labute approximate surface area is 162 Å². The van der Waals surface area contributed by atoms with Crippen molar-refractivity contribution in [2.45, 2.75) is 26.9 Å². The second-order valence-electron chi connectivity index (χ2n) is 6.20. The molecule has 3 aromatic rings. The largest absolute Gasteiger partial charge is 0.462 e. The van der Waals surface area contributed by atoms with E-state index in [0.29, 0.717) is 23.1 Å². The van der Waals surface area contributed by atoms with Crippen LogP contribution in [0.3, 0.4) is 0 Å². The van der Waals surface area contributed by atoms with E-state index in [1.165, 1.54) is 9.13 Å². The summed E-state index contributed by atoms with van der Waals surface area (Å²) in [6, 6.07) is 14.6. The lowest BCUT2D eigenvalue weighted by Gasteiger charge is -2.14. The van der Waals surface area contributed by atoms with E-state index in [2.05, 4.69) is 0 Å². The first-order valence-electron chi connectivity index (χ1n) is 9.23. The molecule has 2 aromatic carbocycles. The zero-order chi connectivity index (χ0) is 20.1. The molecule has 3 rings (SSSR count). The van der Waals surface area contributed by atoms with Gasteiger partial charge in [0.15, 0.2) is 0 Å². The lowest BCUT2D eigenvalue weighted by molar-refractivity contribution is 0.0526. The number of hydrogen-bond donors (Lipinski definition) is 0. The van der Waals surface area contributed by atoms with Crippen molar-refractivity contribution < 1.29 is 9.53 Å². The van der Waals surface area contributed by atoms with E-state index in [4.69, 9.17) is 4.74 Å². The molecule has 0 spiro atoms. The molecule has 0 aliphatic carbocycles. The van der Waals surface area contributed by atoms with Crippen molar-refractivity contribution in [2.75, 3.05) is 6.61 Å². The zero-order valence-corrected chi connectivity index (χ0v) is 15.9. The standard InChI is InChI=1S/C22H22N2O4/c1-3-23-18-13-12-17(22(27)28-4-2)15-19(18)24(21(26)20(23)25)14-8-11-16-9-6-5-7-10-16/h5-13,15H,3-4,14H2,1-2H3/b11-8+. The van der Waals surface area contributed by atoms with E-state index in [9.17, 15) is 14.4 Å². The average molecular weight is 378 g/mol. The quantitative estimate of drug-likeness (QED) is 0.488. The minimum atomic E-state index is -0.618. The third-order valence-electron chi connectivity index (χ3n) is 4.46. The number of benzene rings is 2. The number of ether oxygens (including phenoxy) is 1. The number of aryl methyl sites for hydroxylation is 1. The molecule has 0 amide bonds. The number of esters is 1. The van der Waals surface area contributed by atoms with Gasteiger partial charge < -0.3 is 9.30 Å². The number of nitrogens with zero attached hydrogens (tertiary/aromatic N) is 2. The summed E-state index contributed by atoms with van der Waals surface area (Å²) in [6.45, 7) is 4.38. The van der Waals surface area contributed by atoms with E-state index in [1.54, 1.807) is 32.0 Å². The highest BCUT2D eigenvalue weighted by Crippen LogP contribution is 2.15. The van der Waals surface area contributed by atoms with Crippen LogP contribution in [0, 0.1) is 0 Å². The topological polar surface area (TPSA) is 70.3 Å². The van der Waals surface area contributed by atoms with Gasteiger partial charge in [0, 0.05) is 13.1 Å². The molecule has 6 nitrogen and oxygen atoms in total. The molecule has 0 unspecified atom stereocenters. The van der Waals surface area contributed by atoms with Gasteiger partial charge in [0.1, 0.15) is 0 Å². The third-order valence-corrected chi connectivity index (χ3v) is 4.46. The predicted molar refractivity (Wildman–Crippen MR) is 110 cm³/mol. The summed E-state index contributed by atoms with van der Waals surface area (Å²) < 4.78 is 7.87. The SMILES string of the molecule is CCOC(=O)c1ccc2c(c1)n(C/C=C/c1ccccc1)c(=O)c(=O)n2CC. The van der Waals surface area contributed by atoms with Crippen LogP contribution in [-0.2, 0) is 17.8 Å². The number of carbonyl (C=O) groups excluding carboxylic acids is 1. The first kappa shape index (κ1) is 19.4. The molecule has 0 bridgehead atoms. The van der Waals surface area contributed by atoms with Crippen LogP contribution < -0.4 is 11.1 Å². The summed E-state index contributed by atoms with van der Waals surface area (Å²) in [5.74, 6) is -0.461. The normalized spacial score (nSPS) is 11.2. The molecule has 1 aromatic heterocycles. The van der Waals surface area contributed by atoms with Crippen molar-refractivity contribution in [3.63, 3.8) is 0 Å². The van der Waals surface area contributed by atoms with Gasteiger partial charge in [0.25, 0.3) is 0 Å². The molecule has 0 fully saturated rings. The minimum absolute atomic E-state index is 0.219. The first-order valence-corrected chi connectivity index (χ1v) is 9.23. The molecule has 0 saturated carbocycles. The van der Waals surface area contributed by atoms with Crippen LogP contribution >= 0.6 is 0 Å². The summed E-state index contributed by atoms with van der Waals surface area (Å²) in [6.07, 6.45) is 3.71. The smallest absolute Gasteiger partial charge is 0.338 e. The van der Waals surface area contributed by atoms with Crippen LogP contribution in [0.25, 0.3) is 17.1 Å². The van der Waals surface area contributed by atoms with Gasteiger partial charge in [-0.2, -0.15) is 0 Å². The van der Waals surface area contributed by atoms with Gasteiger partial charge in [-0.3, -0.25) is 14.2 Å². The molecule has 144 valence electrons. The number of allylic oxidation sites excluding steroid dienone is 1. The van der Waals surface area contributed by atoms with Gasteiger partial charge in [-0.05, 0) is 37.6 Å². The summed E-state index contributed by atoms with van der Waals surface area (Å²) >= 11 is 0. The van der Waals surface area contributed by atoms with Crippen molar-refractivity contribution >= 4 is 23.1 Å². The Bertz CT molecular complexity index is 1140. The van der Waals surface area contributed by atoms with Crippen LogP contribution in [0.1, 0.15) is 29.8 Å². The van der Waals surface area contributed by atoms with Gasteiger partial charge in [-0.25, -0.2) is 4.79 Å². The Balaban J connectivity index is 2.13. The van der Waals surface area contributed by atoms with Crippen molar-refractivity contribution in [3.8, 4) is 0 Å². The van der Waals surface area contributed by atoms with Crippen molar-refractivity contribution in [2.24, 2.45) is 0 Å². The highest BCUT2D eigenvalue weighted by atomic mass is 16.5. The number of fused-ring (bicyclic) bond motifs is 1. The third kappa shape index (κ3) is 3.81. The molecule has 0 saturated heterocycles. The Morgan fingerprint density at radius 3 is 2.36 bits per heavy atom. The van der Waals surface area contributed by atoms with Gasteiger partial charge in [0.05, 0.1) is 23.2 Å². The van der Waals surface area contributed by atoms with Crippen LogP contribution in [0.2, 0.25) is 0 Å². The lowest BCUT2D eigenvalue weighted by atomic mass is 10.1. The number of hydrogen-bond acceptors (Lipinski definition) is 4. The first-order chi connectivity index (χ1) is 13.6. The van der Waals surface area contributed by atoms with Crippen LogP contribution in [0.4, 0.5) is 0 Å². The van der Waals surface area contributed by atoms with E-state index in [1.807, 2.05) is 42.5 Å². The fourth-order valence-electron chi connectivity index (χ4n) is 3.11. The fraction of sp³-hybridized carbons (Fsp3) is 0.227. The highest BCUT2D eigenvalue weighted by molar-refractivity contribution is 5.93. The van der Waals surface area contributed by atoms with Crippen molar-refractivity contribution in [3.05, 3.63) is 86.4 Å². The minimum Gasteiger partial charge on any atom is -0.462 e. The van der Waals surface area contributed by atoms with Crippen LogP contribution in [0.5, 0.6) is 0 Å². The van der Waals surface area contributed by atoms with E-state index < -0.39 is 17.1 Å². The lowest BCUT2D eigenvalue weighted by Crippen LogP contribution is -2.41. The Morgan fingerprint density at radius 2 is 1.68 bits per heavy atom. The van der Waals surface area contributed by atoms with Crippen molar-refractivity contribution in [1.82, 2.24) is 9.13 Å². The molecule has 0 aliphatic heterocycles. The maximum Gasteiger partial charge on any atom is 0.338 e. The van der Waals surface area contributed by atoms with E-state index >= 15 is 0 Å². The van der Waals surface area contributed by atoms with E-state index in [0.717, 1.165) is 5.56 Å². The maximum absolute atomic E-state index is 12.7. The summed E-state index contributed by atoms with van der Waals surface area (Å²) in [7, 11) is 0. The van der Waals surface area contributed by atoms with Crippen molar-refractivity contribution in [1.29, 1.82) is 0 Å². The summed E-state index contributed by atoms with van der Waals surface area (Å²) in [5, 5.41) is 0. The number of aromatic nitrogens is 2. The van der Waals surface area contributed by atoms with Gasteiger partial charge >= 0.3 is 17.1 Å². The highest BCUT2D eigenvalue weighted by Gasteiger charge is 2.14. The van der Waals surface area contributed by atoms with Gasteiger partial charge in [-0.1, -0.05) is 42.5 Å². The molecule has 0 radical (unpaired) electrons. The fourth-order valence-corrected chi connectivity index (χ4v) is 3.11. The maximum atomic E-state index is 12.7. The number of rotatable bonds is 6. The zero-order valence-electron chi connectivity index (χ0n) is 15.9. The molecule has 6 heteroatoms. The predicted octanol–water partition coefficient (Wildman–Crippen LogP) is 3.07. The molecular formula is C22H22N2O4. The Morgan fingerprint density at radius 1 is 0.964 bits per heavy atom. The second kappa shape index (κ2) is 8.52. The number of carbonyl (C=O) groups is 1. The van der Waals surface area contributed by atoms with Crippen LogP contribution in [0.15, 0.2) is 64.2 Å².